The van der Waals surface area contributed by atoms with Gasteiger partial charge in [-0.2, -0.15) is 5.10 Å². The van der Waals surface area contributed by atoms with E-state index in [2.05, 4.69) is 5.10 Å². The van der Waals surface area contributed by atoms with Crippen LogP contribution in [0, 0.1) is 0 Å². The molecule has 7 heteroatoms. The lowest BCUT2D eigenvalue weighted by atomic mass is 10.4. The van der Waals surface area contributed by atoms with E-state index >= 15 is 0 Å². The number of hydrogen-bond donors (Lipinski definition) is 2. The van der Waals surface area contributed by atoms with Crippen molar-refractivity contribution < 1.29 is 14.7 Å². The molecule has 0 bridgehead atoms. The van der Waals surface area contributed by atoms with Crippen LogP contribution in [0.3, 0.4) is 0 Å². The molecule has 0 aliphatic heterocycles. The summed E-state index contributed by atoms with van der Waals surface area (Å²) in [4.78, 5) is 22.6. The summed E-state index contributed by atoms with van der Waals surface area (Å²) in [7, 11) is 0. The van der Waals surface area contributed by atoms with Crippen LogP contribution in [0.25, 0.3) is 0 Å². The largest absolute Gasteiger partial charge is 0.477 e. The van der Waals surface area contributed by atoms with Crippen LogP contribution in [0.2, 0.25) is 0 Å². The van der Waals surface area contributed by atoms with E-state index in [4.69, 9.17) is 10.8 Å². The van der Waals surface area contributed by atoms with Crippen molar-refractivity contribution in [3.63, 3.8) is 0 Å². The predicted molar refractivity (Wildman–Crippen MR) is 61.1 cm³/mol. The minimum atomic E-state index is -0.945. The molecule has 0 aliphatic rings. The van der Waals surface area contributed by atoms with E-state index < -0.39 is 11.9 Å². The maximum Gasteiger partial charge on any atom is 0.345 e. The Hall–Kier alpha value is -2.15. The third-order valence-corrected chi connectivity index (χ3v) is 3.14. The molecule has 0 unspecified atom stereocenters. The van der Waals surface area contributed by atoms with Gasteiger partial charge in [0.15, 0.2) is 0 Å². The van der Waals surface area contributed by atoms with E-state index in [9.17, 15) is 9.59 Å². The lowest BCUT2D eigenvalue weighted by Gasteiger charge is -1.97. The smallest absolute Gasteiger partial charge is 0.345 e. The Balaban J connectivity index is 2.13. The van der Waals surface area contributed by atoms with Crippen molar-refractivity contribution in [1.82, 2.24) is 9.78 Å². The highest BCUT2D eigenvalue weighted by atomic mass is 32.1. The number of nitrogens with two attached hydrogens (primary N) is 1. The minimum Gasteiger partial charge on any atom is -0.477 e. The van der Waals surface area contributed by atoms with E-state index in [-0.39, 0.29) is 10.6 Å². The van der Waals surface area contributed by atoms with Crippen molar-refractivity contribution in [2.24, 2.45) is 5.73 Å². The van der Waals surface area contributed by atoms with E-state index in [0.717, 1.165) is 4.88 Å². The highest BCUT2D eigenvalue weighted by molar-refractivity contribution is 7.13. The van der Waals surface area contributed by atoms with E-state index in [0.29, 0.717) is 6.54 Å². The molecule has 2 heterocycles. The van der Waals surface area contributed by atoms with Crippen molar-refractivity contribution in [1.29, 1.82) is 0 Å². The van der Waals surface area contributed by atoms with Crippen LogP contribution in [0.5, 0.6) is 0 Å². The van der Waals surface area contributed by atoms with Crippen LogP contribution in [0.4, 0.5) is 0 Å². The summed E-state index contributed by atoms with van der Waals surface area (Å²) in [6.07, 6.45) is 1.63. The molecule has 1 amide bonds. The molecule has 88 valence electrons. The third kappa shape index (κ3) is 2.51. The summed E-state index contributed by atoms with van der Waals surface area (Å²) in [5.74, 6) is -1.53. The molecule has 0 radical (unpaired) electrons. The number of carbonyl (C=O) groups is 2. The number of nitrogens with zero attached hydrogens (tertiary/aromatic N) is 2. The van der Waals surface area contributed by atoms with E-state index in [1.807, 2.05) is 0 Å². The summed E-state index contributed by atoms with van der Waals surface area (Å²) in [6.45, 7) is 0.422. The Kier molecular flexibility index (Phi) is 2.92. The van der Waals surface area contributed by atoms with Crippen molar-refractivity contribution >= 4 is 23.2 Å². The number of aromatic nitrogens is 2. The quantitative estimate of drug-likeness (QED) is 0.839. The van der Waals surface area contributed by atoms with Crippen LogP contribution >= 0.6 is 11.3 Å². The molecular weight excluding hydrogens is 242 g/mol. The van der Waals surface area contributed by atoms with E-state index in [1.165, 1.54) is 22.1 Å². The third-order valence-electron chi connectivity index (χ3n) is 2.08. The van der Waals surface area contributed by atoms with Crippen molar-refractivity contribution in [3.8, 4) is 0 Å². The lowest BCUT2D eigenvalue weighted by Crippen LogP contribution is -2.12. The number of carboxylic acid groups (broad SMARTS) is 1. The first kappa shape index (κ1) is 11.3. The first-order valence-corrected chi connectivity index (χ1v) is 5.53. The second-order valence-corrected chi connectivity index (χ2v) is 4.50. The molecule has 2 aromatic rings. The highest BCUT2D eigenvalue weighted by Gasteiger charge is 2.09. The van der Waals surface area contributed by atoms with Gasteiger partial charge in [-0.25, -0.2) is 4.79 Å². The average Bonchev–Trinajstić information content (AvgIpc) is 2.87. The molecule has 0 saturated heterocycles. The number of thiophene rings is 1. The number of aromatic carboxylic acids is 1. The first-order chi connectivity index (χ1) is 8.06. The Labute approximate surface area is 100 Å². The molecular formula is C10H9N3O3S. The molecule has 0 saturated carbocycles. The Morgan fingerprint density at radius 1 is 1.41 bits per heavy atom. The monoisotopic (exact) mass is 251 g/mol. The average molecular weight is 251 g/mol. The molecule has 17 heavy (non-hydrogen) atoms. The summed E-state index contributed by atoms with van der Waals surface area (Å²) in [5.41, 5.74) is 5.27. The van der Waals surface area contributed by atoms with Gasteiger partial charge in [-0.15, -0.1) is 11.3 Å². The van der Waals surface area contributed by atoms with Crippen molar-refractivity contribution in [3.05, 3.63) is 39.8 Å². The molecule has 0 aromatic carbocycles. The predicted octanol–water partition coefficient (Wildman–Crippen LogP) is 0.790. The minimum absolute atomic E-state index is 0.194. The van der Waals surface area contributed by atoms with Crippen LogP contribution in [0.1, 0.15) is 25.0 Å². The number of carbonyl (C=O) groups excluding carboxylic acids is 1. The topological polar surface area (TPSA) is 98.2 Å². The molecule has 0 aliphatic carbocycles. The molecule has 0 atom stereocenters. The number of rotatable bonds is 4. The second kappa shape index (κ2) is 4.38. The summed E-state index contributed by atoms with van der Waals surface area (Å²) in [6, 6.07) is 4.79. The number of hydrogen-bond acceptors (Lipinski definition) is 4. The zero-order valence-corrected chi connectivity index (χ0v) is 9.48. The fraction of sp³-hybridized carbons (Fsp3) is 0.100. The summed E-state index contributed by atoms with van der Waals surface area (Å²) >= 11 is 1.18. The van der Waals surface area contributed by atoms with Gasteiger partial charge >= 0.3 is 5.97 Å². The van der Waals surface area contributed by atoms with Crippen molar-refractivity contribution in [2.45, 2.75) is 6.54 Å². The molecule has 6 nitrogen and oxygen atoms in total. The maximum atomic E-state index is 10.8. The zero-order valence-electron chi connectivity index (χ0n) is 8.66. The standard InChI is InChI=1S/C10H9N3O3S/c11-9(14)7-3-4-13(12-7)5-6-1-2-8(17-6)10(15)16/h1-4H,5H2,(H2,11,14)(H,15,16). The SMILES string of the molecule is NC(=O)c1ccn(Cc2ccc(C(=O)O)s2)n1. The maximum absolute atomic E-state index is 10.8. The van der Waals surface area contributed by atoms with Gasteiger partial charge in [0.05, 0.1) is 6.54 Å². The molecule has 0 fully saturated rings. The molecule has 2 rings (SSSR count). The van der Waals surface area contributed by atoms with Gasteiger partial charge in [-0.3, -0.25) is 9.48 Å². The molecule has 3 N–H and O–H groups in total. The normalized spacial score (nSPS) is 10.4. The Bertz CT molecular complexity index is 523. The van der Waals surface area contributed by atoms with Gasteiger partial charge in [-0.1, -0.05) is 0 Å². The Morgan fingerprint density at radius 3 is 2.71 bits per heavy atom. The fourth-order valence-corrected chi connectivity index (χ4v) is 2.16. The van der Waals surface area contributed by atoms with Crippen LogP contribution < -0.4 is 5.73 Å². The number of amides is 1. The lowest BCUT2D eigenvalue weighted by molar-refractivity contribution is 0.0702. The highest BCUT2D eigenvalue weighted by Crippen LogP contribution is 2.17. The van der Waals surface area contributed by atoms with Gasteiger partial charge in [0.25, 0.3) is 5.91 Å². The van der Waals surface area contributed by atoms with Gasteiger partial charge in [-0.05, 0) is 18.2 Å². The van der Waals surface area contributed by atoms with Gasteiger partial charge in [0.1, 0.15) is 10.6 Å². The van der Waals surface area contributed by atoms with Crippen LogP contribution in [-0.2, 0) is 6.54 Å². The van der Waals surface area contributed by atoms with Crippen molar-refractivity contribution in [2.75, 3.05) is 0 Å². The van der Waals surface area contributed by atoms with E-state index in [1.54, 1.807) is 18.3 Å². The summed E-state index contributed by atoms with van der Waals surface area (Å²) in [5, 5.41) is 12.7. The fourth-order valence-electron chi connectivity index (χ4n) is 1.32. The number of carboxylic acids is 1. The van der Waals surface area contributed by atoms with Gasteiger partial charge in [0, 0.05) is 11.1 Å². The number of primary amides is 1. The summed E-state index contributed by atoms with van der Waals surface area (Å²) < 4.78 is 1.54. The zero-order chi connectivity index (χ0) is 12.4. The first-order valence-electron chi connectivity index (χ1n) is 4.71. The van der Waals surface area contributed by atoms with Crippen LogP contribution in [0.15, 0.2) is 24.4 Å². The van der Waals surface area contributed by atoms with Gasteiger partial charge in [0.2, 0.25) is 0 Å². The molecule has 2 aromatic heterocycles. The molecule has 0 spiro atoms. The Morgan fingerprint density at radius 2 is 2.18 bits per heavy atom. The van der Waals surface area contributed by atoms with Gasteiger partial charge < -0.3 is 10.8 Å². The second-order valence-electron chi connectivity index (χ2n) is 3.33. The van der Waals surface area contributed by atoms with Crippen LogP contribution in [-0.4, -0.2) is 26.8 Å².